The Labute approximate surface area is 184 Å². The van der Waals surface area contributed by atoms with Gasteiger partial charge in [-0.25, -0.2) is 4.39 Å². The van der Waals surface area contributed by atoms with Crippen LogP contribution in [0.25, 0.3) is 0 Å². The second-order valence-electron chi connectivity index (χ2n) is 6.68. The van der Waals surface area contributed by atoms with Crippen molar-refractivity contribution in [2.24, 2.45) is 0 Å². The number of hydrogen-bond acceptors (Lipinski definition) is 2. The quantitative estimate of drug-likeness (QED) is 0.212. The highest BCUT2D eigenvalue weighted by atomic mass is 32.2. The predicted molar refractivity (Wildman–Crippen MR) is 71.3 cm³/mol. The smallest absolute Gasteiger partial charge is 0.281 e. The number of hydrogen-bond donors (Lipinski definition) is 1. The zero-order valence-corrected chi connectivity index (χ0v) is 16.5. The predicted octanol–water partition coefficient (Wildman–Crippen LogP) is 6.59. The Morgan fingerprint density at radius 2 is 0.806 bits per heavy atom. The third-order valence-corrected chi connectivity index (χ3v) is 5.06. The molecule has 0 aliphatic carbocycles. The second kappa shape index (κ2) is 8.78. The third-order valence-electron chi connectivity index (χ3n) is 4.15. The number of rotatable bonds is 11. The molecule has 0 saturated heterocycles. The average Bonchev–Trinajstić information content (AvgIpc) is 2.63. The van der Waals surface area contributed by atoms with Crippen molar-refractivity contribution in [3.63, 3.8) is 0 Å². The molecule has 0 spiro atoms. The number of alkyl halides is 20. The van der Waals surface area contributed by atoms with E-state index in [1.165, 1.54) is 0 Å². The van der Waals surface area contributed by atoms with Gasteiger partial charge in [0.1, 0.15) is 0 Å². The van der Waals surface area contributed by atoms with E-state index in [1.54, 1.807) is 0 Å². The maximum absolute atomic E-state index is 13.5. The molecule has 3 nitrogen and oxygen atoms in total. The summed E-state index contributed by atoms with van der Waals surface area (Å²) in [5.74, 6) is -60.5. The van der Waals surface area contributed by atoms with Crippen molar-refractivity contribution < 1.29 is 101 Å². The molecule has 1 atom stereocenters. The molecule has 0 bridgehead atoms. The van der Waals surface area contributed by atoms with Crippen LogP contribution in [0.4, 0.5) is 87.8 Å². The van der Waals surface area contributed by atoms with Gasteiger partial charge in [0.05, 0.1) is 0 Å². The second-order valence-corrected chi connectivity index (χ2v) is 8.15. The first kappa shape index (κ1) is 34.5. The van der Waals surface area contributed by atoms with Gasteiger partial charge in [0.25, 0.3) is 0 Å². The summed E-state index contributed by atoms with van der Waals surface area (Å²) in [5.41, 5.74) is 0. The topological polar surface area (TPSA) is 54.4 Å². The molecule has 218 valence electrons. The first-order valence-corrected chi connectivity index (χ1v) is 9.27. The molecule has 0 aliphatic heterocycles. The Kier molecular flexibility index (Phi) is 8.42. The molecule has 0 radical (unpaired) electrons. The molecule has 1 unspecified atom stereocenters. The average molecular weight is 610 g/mol. The molecule has 36 heavy (non-hydrogen) atoms. The summed E-state index contributed by atoms with van der Waals surface area (Å²) in [7, 11) is -8.00. The van der Waals surface area contributed by atoms with Crippen molar-refractivity contribution in [2.45, 2.75) is 71.9 Å². The molecule has 1 N–H and O–H groups in total. The van der Waals surface area contributed by atoms with E-state index in [-0.39, 0.29) is 0 Å². The van der Waals surface area contributed by atoms with Crippen LogP contribution in [0.2, 0.25) is 0 Å². The maximum Gasteiger partial charge on any atom is 0.438 e. The van der Waals surface area contributed by atoms with Crippen LogP contribution in [-0.4, -0.2) is 72.0 Å². The third kappa shape index (κ3) is 4.74. The van der Waals surface area contributed by atoms with Gasteiger partial charge in [0.15, 0.2) is 6.17 Å². The van der Waals surface area contributed by atoms with E-state index < -0.39 is 82.0 Å². The van der Waals surface area contributed by atoms with Gasteiger partial charge in [-0.1, -0.05) is 0 Å². The van der Waals surface area contributed by atoms with Crippen LogP contribution in [-0.2, 0) is 10.1 Å². The molecule has 0 aromatic rings. The van der Waals surface area contributed by atoms with Gasteiger partial charge in [-0.2, -0.15) is 91.8 Å². The Morgan fingerprint density at radius 1 is 0.528 bits per heavy atom. The van der Waals surface area contributed by atoms with E-state index in [4.69, 9.17) is 4.55 Å². The largest absolute Gasteiger partial charge is 0.438 e. The zero-order chi connectivity index (χ0) is 30.0. The minimum absolute atomic E-state index is 2.87. The van der Waals surface area contributed by atoms with Crippen molar-refractivity contribution in [2.75, 3.05) is 0 Å². The summed E-state index contributed by atoms with van der Waals surface area (Å²) in [6.45, 7) is 0. The Hall–Kier alpha value is -1.49. The standard InChI is InChI=1S/C12H6F20O3S/c13-3(1-2-4(14,15)16)5(17,18)6(19,20)7(21,22)8(23,24)9(25,26)10(27,28)11(29,30)12(31,32)36(33,34)35/h3H,1-2H2,(H,33,34,35). The summed E-state index contributed by atoms with van der Waals surface area (Å²) in [6.07, 6.45) is -16.8. The van der Waals surface area contributed by atoms with Crippen molar-refractivity contribution in [3.05, 3.63) is 0 Å². The van der Waals surface area contributed by atoms with Crippen LogP contribution in [0, 0.1) is 0 Å². The van der Waals surface area contributed by atoms with Gasteiger partial charge in [0.2, 0.25) is 0 Å². The monoisotopic (exact) mass is 610 g/mol. The van der Waals surface area contributed by atoms with Crippen LogP contribution in [0.15, 0.2) is 0 Å². The summed E-state index contributed by atoms with van der Waals surface area (Å²) in [6, 6.07) is 0. The normalized spacial score (nSPS) is 17.4. The van der Waals surface area contributed by atoms with E-state index >= 15 is 0 Å². The van der Waals surface area contributed by atoms with Gasteiger partial charge in [0, 0.05) is 6.42 Å². The van der Waals surface area contributed by atoms with Gasteiger partial charge >= 0.3 is 63.0 Å². The minimum Gasteiger partial charge on any atom is -0.281 e. The van der Waals surface area contributed by atoms with Gasteiger partial charge in [-0.3, -0.25) is 4.55 Å². The van der Waals surface area contributed by atoms with Crippen molar-refractivity contribution in [1.82, 2.24) is 0 Å². The van der Waals surface area contributed by atoms with Crippen LogP contribution in [0.3, 0.4) is 0 Å². The van der Waals surface area contributed by atoms with Gasteiger partial charge in [-0.05, 0) is 6.42 Å². The van der Waals surface area contributed by atoms with Gasteiger partial charge < -0.3 is 0 Å². The first-order valence-electron chi connectivity index (χ1n) is 7.83. The summed E-state index contributed by atoms with van der Waals surface area (Å²) >= 11 is 0. The highest BCUT2D eigenvalue weighted by Gasteiger charge is 2.96. The fraction of sp³-hybridized carbons (Fsp3) is 1.00. The summed E-state index contributed by atoms with van der Waals surface area (Å²) in [5, 5.41) is -7.95. The summed E-state index contributed by atoms with van der Waals surface area (Å²) < 4.78 is 290. The van der Waals surface area contributed by atoms with Gasteiger partial charge in [-0.15, -0.1) is 0 Å². The summed E-state index contributed by atoms with van der Waals surface area (Å²) in [4.78, 5) is 0. The van der Waals surface area contributed by atoms with E-state index in [9.17, 15) is 96.2 Å². The van der Waals surface area contributed by atoms with Crippen LogP contribution < -0.4 is 0 Å². The Balaban J connectivity index is 6.84. The highest BCUT2D eigenvalue weighted by molar-refractivity contribution is 7.87. The van der Waals surface area contributed by atoms with Crippen molar-refractivity contribution >= 4 is 10.1 Å². The van der Waals surface area contributed by atoms with Crippen LogP contribution >= 0.6 is 0 Å². The molecule has 0 amide bonds. The lowest BCUT2D eigenvalue weighted by Crippen LogP contribution is -2.75. The molecular formula is C12H6F20O3S. The lowest BCUT2D eigenvalue weighted by Gasteiger charge is -2.43. The SMILES string of the molecule is O=S(=O)(O)C(F)(F)C(F)(F)C(F)(F)C(F)(F)C(F)(F)C(F)(F)C(F)(F)C(F)(F)C(F)CCC(F)(F)F. The molecule has 0 aromatic heterocycles. The molecular weight excluding hydrogens is 604 g/mol. The highest BCUT2D eigenvalue weighted by Crippen LogP contribution is 2.64. The lowest BCUT2D eigenvalue weighted by molar-refractivity contribution is -0.451. The van der Waals surface area contributed by atoms with E-state index in [0.29, 0.717) is 0 Å². The lowest BCUT2D eigenvalue weighted by atomic mass is 9.87. The molecule has 24 heteroatoms. The molecule has 0 fully saturated rings. The fourth-order valence-electron chi connectivity index (χ4n) is 2.01. The van der Waals surface area contributed by atoms with Crippen molar-refractivity contribution in [3.8, 4) is 0 Å². The van der Waals surface area contributed by atoms with E-state index in [2.05, 4.69) is 0 Å². The van der Waals surface area contributed by atoms with E-state index in [0.717, 1.165) is 0 Å². The molecule has 0 aromatic carbocycles. The fourth-order valence-corrected chi connectivity index (χ4v) is 2.46. The molecule has 0 aliphatic rings. The first-order chi connectivity index (χ1) is 15.1. The maximum atomic E-state index is 13.5. The van der Waals surface area contributed by atoms with E-state index in [1.807, 2.05) is 0 Å². The Morgan fingerprint density at radius 3 is 1.08 bits per heavy atom. The molecule has 0 saturated carbocycles. The number of halogens is 20. The minimum atomic E-state index is -9.06. The zero-order valence-electron chi connectivity index (χ0n) is 15.7. The van der Waals surface area contributed by atoms with Crippen LogP contribution in [0.5, 0.6) is 0 Å². The Bertz CT molecular complexity index is 903. The van der Waals surface area contributed by atoms with Crippen molar-refractivity contribution in [1.29, 1.82) is 0 Å². The molecule has 0 heterocycles. The van der Waals surface area contributed by atoms with Crippen LogP contribution in [0.1, 0.15) is 12.8 Å². The molecule has 0 rings (SSSR count).